The number of aryl methyl sites for hydroxylation is 1. The van der Waals surface area contributed by atoms with Crippen LogP contribution in [0.1, 0.15) is 24.8 Å². The number of halogens is 1. The molecular formula is C12H14ClNO2. The second-order valence-corrected chi connectivity index (χ2v) is 4.67. The first-order chi connectivity index (χ1) is 7.58. The molecule has 16 heavy (non-hydrogen) atoms. The molecule has 2 rings (SSSR count). The highest BCUT2D eigenvalue weighted by Gasteiger charge is 2.25. The normalized spacial score (nSPS) is 15.6. The van der Waals surface area contributed by atoms with Gasteiger partial charge in [-0.3, -0.25) is 4.79 Å². The Morgan fingerprint density at radius 3 is 2.75 bits per heavy atom. The van der Waals surface area contributed by atoms with Crippen molar-refractivity contribution >= 4 is 23.2 Å². The lowest BCUT2D eigenvalue weighted by Gasteiger charge is -2.24. The fourth-order valence-corrected chi connectivity index (χ4v) is 2.01. The highest BCUT2D eigenvalue weighted by Crippen LogP contribution is 2.33. The van der Waals surface area contributed by atoms with E-state index in [1.807, 2.05) is 0 Å². The van der Waals surface area contributed by atoms with E-state index in [9.17, 15) is 9.90 Å². The van der Waals surface area contributed by atoms with Crippen molar-refractivity contribution in [1.29, 1.82) is 0 Å². The number of carbonyl (C=O) groups excluding carboxylic acids is 1. The van der Waals surface area contributed by atoms with Gasteiger partial charge >= 0.3 is 0 Å². The third kappa shape index (κ3) is 2.14. The molecule has 0 aliphatic heterocycles. The lowest BCUT2D eigenvalue weighted by Crippen LogP contribution is -2.28. The summed E-state index contributed by atoms with van der Waals surface area (Å²) in [4.78, 5) is 11.7. The van der Waals surface area contributed by atoms with Crippen molar-refractivity contribution in [1.82, 2.24) is 0 Å². The van der Waals surface area contributed by atoms with Crippen LogP contribution in [0, 0.1) is 12.8 Å². The van der Waals surface area contributed by atoms with Crippen molar-refractivity contribution in [2.45, 2.75) is 26.2 Å². The van der Waals surface area contributed by atoms with Gasteiger partial charge in [0.15, 0.2) is 0 Å². The minimum absolute atomic E-state index is 0.0248. The zero-order valence-electron chi connectivity index (χ0n) is 9.09. The quantitative estimate of drug-likeness (QED) is 0.780. The molecular weight excluding hydrogens is 226 g/mol. The van der Waals surface area contributed by atoms with Crippen LogP contribution in [0.4, 0.5) is 5.69 Å². The lowest BCUT2D eigenvalue weighted by atomic mass is 9.85. The average Bonchev–Trinajstić information content (AvgIpc) is 2.10. The van der Waals surface area contributed by atoms with E-state index >= 15 is 0 Å². The minimum Gasteiger partial charge on any atom is -0.505 e. The van der Waals surface area contributed by atoms with Gasteiger partial charge in [-0.15, -0.1) is 0 Å². The van der Waals surface area contributed by atoms with Crippen molar-refractivity contribution in [3.05, 3.63) is 22.7 Å². The number of rotatable bonds is 2. The fraction of sp³-hybridized carbons (Fsp3) is 0.417. The summed E-state index contributed by atoms with van der Waals surface area (Å²) in [6, 6.07) is 3.23. The van der Waals surface area contributed by atoms with E-state index in [0.29, 0.717) is 16.3 Å². The Bertz CT molecular complexity index is 427. The van der Waals surface area contributed by atoms with Gasteiger partial charge in [-0.1, -0.05) is 18.0 Å². The van der Waals surface area contributed by atoms with Gasteiger partial charge in [0.2, 0.25) is 5.91 Å². The molecule has 0 unspecified atom stereocenters. The van der Waals surface area contributed by atoms with E-state index in [1.54, 1.807) is 19.1 Å². The molecule has 0 heterocycles. The number of hydrogen-bond acceptors (Lipinski definition) is 2. The fourth-order valence-electron chi connectivity index (χ4n) is 1.74. The third-order valence-corrected chi connectivity index (χ3v) is 3.22. The predicted molar refractivity (Wildman–Crippen MR) is 63.8 cm³/mol. The molecule has 2 N–H and O–H groups in total. The van der Waals surface area contributed by atoms with E-state index in [1.165, 1.54) is 0 Å². The highest BCUT2D eigenvalue weighted by molar-refractivity contribution is 6.31. The molecule has 4 heteroatoms. The topological polar surface area (TPSA) is 49.3 Å². The number of carbonyl (C=O) groups is 1. The summed E-state index contributed by atoms with van der Waals surface area (Å²) in [5, 5.41) is 13.0. The maximum absolute atomic E-state index is 11.7. The number of nitrogens with one attached hydrogen (secondary N) is 1. The first-order valence-electron chi connectivity index (χ1n) is 5.38. The zero-order valence-corrected chi connectivity index (χ0v) is 9.84. The Morgan fingerprint density at radius 2 is 2.19 bits per heavy atom. The van der Waals surface area contributed by atoms with E-state index < -0.39 is 0 Å². The van der Waals surface area contributed by atoms with Gasteiger partial charge in [0, 0.05) is 10.9 Å². The van der Waals surface area contributed by atoms with Gasteiger partial charge in [-0.25, -0.2) is 0 Å². The van der Waals surface area contributed by atoms with Gasteiger partial charge in [0.05, 0.1) is 5.69 Å². The summed E-state index contributed by atoms with van der Waals surface area (Å²) < 4.78 is 0. The molecule has 1 saturated carbocycles. The van der Waals surface area contributed by atoms with Gasteiger partial charge in [0.1, 0.15) is 5.75 Å². The van der Waals surface area contributed by atoms with Crippen LogP contribution in [0.5, 0.6) is 5.75 Å². The van der Waals surface area contributed by atoms with Crippen LogP contribution in [0.15, 0.2) is 12.1 Å². The first-order valence-corrected chi connectivity index (χ1v) is 5.75. The molecule has 1 aromatic rings. The smallest absolute Gasteiger partial charge is 0.227 e. The van der Waals surface area contributed by atoms with Crippen LogP contribution < -0.4 is 5.32 Å². The SMILES string of the molecule is Cc1cc(Cl)cc(NC(=O)C2CCC2)c1O. The number of benzene rings is 1. The van der Waals surface area contributed by atoms with Crippen molar-refractivity contribution in [3.63, 3.8) is 0 Å². The summed E-state index contributed by atoms with van der Waals surface area (Å²) >= 11 is 5.87. The Morgan fingerprint density at radius 1 is 1.50 bits per heavy atom. The van der Waals surface area contributed by atoms with Gasteiger partial charge < -0.3 is 10.4 Å². The van der Waals surface area contributed by atoms with Crippen LogP contribution in [-0.2, 0) is 4.79 Å². The van der Waals surface area contributed by atoms with Crippen molar-refractivity contribution in [3.8, 4) is 5.75 Å². The standard InChI is InChI=1S/C12H14ClNO2/c1-7-5-9(13)6-10(11(7)15)14-12(16)8-3-2-4-8/h5-6,8,15H,2-4H2,1H3,(H,14,16). The van der Waals surface area contributed by atoms with Gasteiger partial charge in [-0.2, -0.15) is 0 Å². The van der Waals surface area contributed by atoms with E-state index in [2.05, 4.69) is 5.32 Å². The monoisotopic (exact) mass is 239 g/mol. The molecule has 0 aromatic heterocycles. The largest absolute Gasteiger partial charge is 0.505 e. The summed E-state index contributed by atoms with van der Waals surface area (Å²) in [7, 11) is 0. The zero-order chi connectivity index (χ0) is 11.7. The minimum atomic E-state index is -0.0248. The molecule has 0 spiro atoms. The molecule has 1 aromatic carbocycles. The highest BCUT2D eigenvalue weighted by atomic mass is 35.5. The molecule has 1 amide bonds. The molecule has 1 fully saturated rings. The van der Waals surface area contributed by atoms with Crippen molar-refractivity contribution < 1.29 is 9.90 Å². The Kier molecular flexibility index (Phi) is 3.06. The first kappa shape index (κ1) is 11.3. The van der Waals surface area contributed by atoms with E-state index in [0.717, 1.165) is 19.3 Å². The number of hydrogen-bond donors (Lipinski definition) is 2. The number of amides is 1. The maximum Gasteiger partial charge on any atom is 0.227 e. The predicted octanol–water partition coefficient (Wildman–Crippen LogP) is 3.09. The summed E-state index contributed by atoms with van der Waals surface area (Å²) in [5.41, 5.74) is 1.07. The van der Waals surface area contributed by atoms with Crippen LogP contribution in [0.3, 0.4) is 0 Å². The average molecular weight is 240 g/mol. The molecule has 0 radical (unpaired) electrons. The third-order valence-electron chi connectivity index (χ3n) is 3.00. The number of phenolic OH excluding ortho intramolecular Hbond substituents is 1. The van der Waals surface area contributed by atoms with E-state index in [4.69, 9.17) is 11.6 Å². The number of phenols is 1. The summed E-state index contributed by atoms with van der Waals surface area (Å²) in [6.45, 7) is 1.75. The van der Waals surface area contributed by atoms with Crippen LogP contribution in [0.2, 0.25) is 5.02 Å². The molecule has 0 saturated heterocycles. The summed E-state index contributed by atoms with van der Waals surface area (Å²) in [6.07, 6.45) is 2.98. The summed E-state index contributed by atoms with van der Waals surface area (Å²) in [5.74, 6) is 0.166. The Labute approximate surface area is 99.4 Å². The Hall–Kier alpha value is -1.22. The molecule has 1 aliphatic carbocycles. The van der Waals surface area contributed by atoms with Crippen LogP contribution >= 0.6 is 11.6 Å². The number of aromatic hydroxyl groups is 1. The second-order valence-electron chi connectivity index (χ2n) is 4.24. The van der Waals surface area contributed by atoms with Gasteiger partial charge in [-0.05, 0) is 37.5 Å². The van der Waals surface area contributed by atoms with Crippen LogP contribution in [0.25, 0.3) is 0 Å². The van der Waals surface area contributed by atoms with E-state index in [-0.39, 0.29) is 17.6 Å². The lowest BCUT2D eigenvalue weighted by molar-refractivity contribution is -0.122. The van der Waals surface area contributed by atoms with Gasteiger partial charge in [0.25, 0.3) is 0 Å². The molecule has 0 bridgehead atoms. The molecule has 0 atom stereocenters. The Balaban J connectivity index is 2.17. The molecule has 3 nitrogen and oxygen atoms in total. The number of anilines is 1. The van der Waals surface area contributed by atoms with Crippen molar-refractivity contribution in [2.24, 2.45) is 5.92 Å². The van der Waals surface area contributed by atoms with Crippen LogP contribution in [-0.4, -0.2) is 11.0 Å². The second kappa shape index (κ2) is 4.34. The van der Waals surface area contributed by atoms with Crippen molar-refractivity contribution in [2.75, 3.05) is 5.32 Å². The molecule has 86 valence electrons. The maximum atomic E-state index is 11.7. The molecule has 1 aliphatic rings.